The lowest BCUT2D eigenvalue weighted by atomic mass is 9.84. The van der Waals surface area contributed by atoms with Crippen molar-refractivity contribution in [3.63, 3.8) is 0 Å². The Kier molecular flexibility index (Phi) is 5.44. The molecule has 100 valence electrons. The van der Waals surface area contributed by atoms with Crippen LogP contribution >= 0.6 is 0 Å². The molecular weight excluding hydrogens is 212 g/mol. The zero-order chi connectivity index (χ0) is 12.9. The second-order valence-electron chi connectivity index (χ2n) is 6.42. The van der Waals surface area contributed by atoms with Gasteiger partial charge in [-0.2, -0.15) is 0 Å². The number of likely N-dealkylation sites (tertiary alicyclic amines) is 1. The lowest BCUT2D eigenvalue weighted by Gasteiger charge is -2.23. The maximum atomic E-state index is 11.4. The van der Waals surface area contributed by atoms with Crippen molar-refractivity contribution in [3.8, 4) is 0 Å². The lowest BCUT2D eigenvalue weighted by Crippen LogP contribution is -2.29. The molecule has 17 heavy (non-hydrogen) atoms. The van der Waals surface area contributed by atoms with Crippen LogP contribution in [0.2, 0.25) is 0 Å². The fraction of sp³-hybridized carbons (Fsp3) is 0.929. The SMILES string of the molecule is CCNC(=O)CCN1CCC(CC(C)(C)C)C1. The molecule has 0 aromatic heterocycles. The molecule has 3 nitrogen and oxygen atoms in total. The van der Waals surface area contributed by atoms with Gasteiger partial charge in [-0.25, -0.2) is 0 Å². The molecule has 1 amide bonds. The van der Waals surface area contributed by atoms with Crippen LogP contribution in [0.1, 0.15) is 47.0 Å². The summed E-state index contributed by atoms with van der Waals surface area (Å²) in [6, 6.07) is 0. The van der Waals surface area contributed by atoms with Crippen molar-refractivity contribution in [1.82, 2.24) is 10.2 Å². The normalized spacial score (nSPS) is 21.8. The highest BCUT2D eigenvalue weighted by Gasteiger charge is 2.26. The molecule has 1 unspecified atom stereocenters. The third-order valence-corrected chi connectivity index (χ3v) is 3.30. The van der Waals surface area contributed by atoms with Crippen LogP contribution in [0.5, 0.6) is 0 Å². The molecule has 0 bridgehead atoms. The summed E-state index contributed by atoms with van der Waals surface area (Å²) in [4.78, 5) is 13.8. The van der Waals surface area contributed by atoms with Crippen molar-refractivity contribution in [2.24, 2.45) is 11.3 Å². The zero-order valence-corrected chi connectivity index (χ0v) is 11.9. The van der Waals surface area contributed by atoms with E-state index >= 15 is 0 Å². The van der Waals surface area contributed by atoms with Gasteiger partial charge in [0.05, 0.1) is 0 Å². The number of carbonyl (C=O) groups is 1. The van der Waals surface area contributed by atoms with E-state index in [4.69, 9.17) is 0 Å². The van der Waals surface area contributed by atoms with Crippen LogP contribution in [-0.4, -0.2) is 37.0 Å². The number of amides is 1. The summed E-state index contributed by atoms with van der Waals surface area (Å²) >= 11 is 0. The van der Waals surface area contributed by atoms with Crippen LogP contribution in [0.3, 0.4) is 0 Å². The number of rotatable bonds is 5. The molecule has 1 aliphatic heterocycles. The molecule has 0 saturated carbocycles. The van der Waals surface area contributed by atoms with E-state index in [9.17, 15) is 4.79 Å². The van der Waals surface area contributed by atoms with Crippen molar-refractivity contribution in [2.45, 2.75) is 47.0 Å². The van der Waals surface area contributed by atoms with E-state index in [-0.39, 0.29) is 5.91 Å². The minimum Gasteiger partial charge on any atom is -0.356 e. The summed E-state index contributed by atoms with van der Waals surface area (Å²) in [5.41, 5.74) is 0.431. The van der Waals surface area contributed by atoms with Crippen LogP contribution in [0.4, 0.5) is 0 Å². The van der Waals surface area contributed by atoms with Gasteiger partial charge < -0.3 is 10.2 Å². The van der Waals surface area contributed by atoms with Crippen molar-refractivity contribution in [2.75, 3.05) is 26.2 Å². The fourth-order valence-corrected chi connectivity index (χ4v) is 2.69. The van der Waals surface area contributed by atoms with Gasteiger partial charge in [0, 0.05) is 26.1 Å². The largest absolute Gasteiger partial charge is 0.356 e. The highest BCUT2D eigenvalue weighted by molar-refractivity contribution is 5.75. The van der Waals surface area contributed by atoms with Crippen LogP contribution in [0.25, 0.3) is 0 Å². The summed E-state index contributed by atoms with van der Waals surface area (Å²) in [6.45, 7) is 12.9. The molecule has 1 N–H and O–H groups in total. The molecule has 1 rings (SSSR count). The second kappa shape index (κ2) is 6.39. The molecule has 0 aromatic carbocycles. The molecule has 3 heteroatoms. The highest BCUT2D eigenvalue weighted by atomic mass is 16.1. The van der Waals surface area contributed by atoms with Crippen molar-refractivity contribution in [3.05, 3.63) is 0 Å². The minimum atomic E-state index is 0.187. The van der Waals surface area contributed by atoms with Crippen LogP contribution < -0.4 is 5.32 Å². The zero-order valence-electron chi connectivity index (χ0n) is 11.9. The second-order valence-corrected chi connectivity index (χ2v) is 6.42. The number of nitrogens with one attached hydrogen (secondary N) is 1. The first kappa shape index (κ1) is 14.5. The predicted molar refractivity (Wildman–Crippen MR) is 71.9 cm³/mol. The summed E-state index contributed by atoms with van der Waals surface area (Å²) in [5.74, 6) is 1.01. The molecule has 1 fully saturated rings. The van der Waals surface area contributed by atoms with Gasteiger partial charge in [-0.05, 0) is 37.6 Å². The molecule has 0 aliphatic carbocycles. The Bertz CT molecular complexity index is 245. The van der Waals surface area contributed by atoms with E-state index < -0.39 is 0 Å². The van der Waals surface area contributed by atoms with E-state index in [2.05, 4.69) is 31.0 Å². The van der Waals surface area contributed by atoms with Gasteiger partial charge in [0.15, 0.2) is 0 Å². The predicted octanol–water partition coefficient (Wildman–Crippen LogP) is 2.27. The van der Waals surface area contributed by atoms with E-state index in [1.807, 2.05) is 6.92 Å². The summed E-state index contributed by atoms with van der Waals surface area (Å²) in [6.07, 6.45) is 3.24. The van der Waals surface area contributed by atoms with Gasteiger partial charge in [-0.1, -0.05) is 20.8 Å². The van der Waals surface area contributed by atoms with Crippen LogP contribution in [0, 0.1) is 11.3 Å². The number of carbonyl (C=O) groups excluding carboxylic acids is 1. The molecule has 1 aliphatic rings. The topological polar surface area (TPSA) is 32.3 Å². The average Bonchev–Trinajstić information content (AvgIpc) is 2.60. The van der Waals surface area contributed by atoms with Gasteiger partial charge >= 0.3 is 0 Å². The van der Waals surface area contributed by atoms with Gasteiger partial charge in [0.1, 0.15) is 0 Å². The molecule has 1 heterocycles. The Labute approximate surface area is 106 Å². The third kappa shape index (κ3) is 6.06. The highest BCUT2D eigenvalue weighted by Crippen LogP contribution is 2.30. The Morgan fingerprint density at radius 2 is 2.12 bits per heavy atom. The van der Waals surface area contributed by atoms with Crippen molar-refractivity contribution < 1.29 is 4.79 Å². The Hall–Kier alpha value is -0.570. The molecule has 0 aromatic rings. The van der Waals surface area contributed by atoms with Gasteiger partial charge in [-0.15, -0.1) is 0 Å². The molecular formula is C14H28N2O. The minimum absolute atomic E-state index is 0.187. The maximum absolute atomic E-state index is 11.4. The van der Waals surface area contributed by atoms with E-state index in [1.165, 1.54) is 25.9 Å². The molecule has 0 radical (unpaired) electrons. The van der Waals surface area contributed by atoms with Crippen molar-refractivity contribution >= 4 is 5.91 Å². The summed E-state index contributed by atoms with van der Waals surface area (Å²) in [5, 5.41) is 2.85. The number of hydrogen-bond donors (Lipinski definition) is 1. The first-order valence-electron chi connectivity index (χ1n) is 6.90. The monoisotopic (exact) mass is 240 g/mol. The maximum Gasteiger partial charge on any atom is 0.221 e. The summed E-state index contributed by atoms with van der Waals surface area (Å²) in [7, 11) is 0. The standard InChI is InChI=1S/C14H28N2O/c1-5-15-13(17)7-9-16-8-6-12(11-16)10-14(2,3)4/h12H,5-11H2,1-4H3,(H,15,17). The molecule has 0 spiro atoms. The van der Waals surface area contributed by atoms with Gasteiger partial charge in [-0.3, -0.25) is 4.79 Å². The van der Waals surface area contributed by atoms with Gasteiger partial charge in [0.2, 0.25) is 5.91 Å². The molecule has 1 atom stereocenters. The van der Waals surface area contributed by atoms with Crippen LogP contribution in [0.15, 0.2) is 0 Å². The first-order valence-corrected chi connectivity index (χ1v) is 6.90. The van der Waals surface area contributed by atoms with E-state index in [0.717, 1.165) is 19.0 Å². The van der Waals surface area contributed by atoms with E-state index in [0.29, 0.717) is 11.8 Å². The van der Waals surface area contributed by atoms with E-state index in [1.54, 1.807) is 0 Å². The third-order valence-electron chi connectivity index (χ3n) is 3.30. The number of hydrogen-bond acceptors (Lipinski definition) is 2. The lowest BCUT2D eigenvalue weighted by molar-refractivity contribution is -0.121. The Balaban J connectivity index is 2.20. The summed E-state index contributed by atoms with van der Waals surface area (Å²) < 4.78 is 0. The first-order chi connectivity index (χ1) is 7.90. The quantitative estimate of drug-likeness (QED) is 0.799. The van der Waals surface area contributed by atoms with Gasteiger partial charge in [0.25, 0.3) is 0 Å². The Morgan fingerprint density at radius 3 is 2.71 bits per heavy atom. The van der Waals surface area contributed by atoms with Crippen molar-refractivity contribution in [1.29, 1.82) is 0 Å². The molecule has 1 saturated heterocycles. The Morgan fingerprint density at radius 1 is 1.41 bits per heavy atom. The average molecular weight is 240 g/mol. The fourth-order valence-electron chi connectivity index (χ4n) is 2.69. The number of nitrogens with zero attached hydrogens (tertiary/aromatic N) is 1. The smallest absolute Gasteiger partial charge is 0.221 e. The van der Waals surface area contributed by atoms with Crippen LogP contribution in [-0.2, 0) is 4.79 Å².